The van der Waals surface area contributed by atoms with Gasteiger partial charge in [-0.05, 0) is 37.3 Å². The van der Waals surface area contributed by atoms with Crippen molar-refractivity contribution in [2.45, 2.75) is 52.5 Å². The maximum atomic E-state index is 12.6. The topological polar surface area (TPSA) is 61.4 Å². The number of rotatable bonds is 8. The van der Waals surface area contributed by atoms with Crippen LogP contribution in [0.4, 0.5) is 5.69 Å². The number of piperidine rings is 1. The molecule has 5 heteroatoms. The fourth-order valence-corrected chi connectivity index (χ4v) is 3.35. The highest BCUT2D eigenvalue weighted by Crippen LogP contribution is 2.18. The Morgan fingerprint density at radius 1 is 1.23 bits per heavy atom. The van der Waals surface area contributed by atoms with Crippen molar-refractivity contribution < 1.29 is 9.59 Å². The predicted octanol–water partition coefficient (Wildman–Crippen LogP) is 3.28. The summed E-state index contributed by atoms with van der Waals surface area (Å²) in [4.78, 5) is 26.6. The molecule has 5 nitrogen and oxygen atoms in total. The van der Waals surface area contributed by atoms with Gasteiger partial charge in [0.25, 0.3) is 0 Å². The fraction of sp³-hybridized carbons (Fsp3) is 0.619. The molecule has 1 fully saturated rings. The van der Waals surface area contributed by atoms with Crippen molar-refractivity contribution in [2.75, 3.05) is 25.0 Å². The molecule has 26 heavy (non-hydrogen) atoms. The Morgan fingerprint density at radius 2 is 1.96 bits per heavy atom. The van der Waals surface area contributed by atoms with E-state index in [1.165, 1.54) is 0 Å². The SMILES string of the molecule is CCCC(=O)N1CCCC(C(=O)NCC(Nc2ccccc2)C(C)C)C1. The van der Waals surface area contributed by atoms with E-state index in [-0.39, 0.29) is 23.8 Å². The van der Waals surface area contributed by atoms with E-state index >= 15 is 0 Å². The zero-order valence-electron chi connectivity index (χ0n) is 16.3. The number of likely N-dealkylation sites (tertiary alicyclic amines) is 1. The Labute approximate surface area is 157 Å². The second kappa shape index (κ2) is 10.2. The van der Waals surface area contributed by atoms with Crippen LogP contribution in [0.5, 0.6) is 0 Å². The smallest absolute Gasteiger partial charge is 0.224 e. The van der Waals surface area contributed by atoms with Crippen LogP contribution in [0.1, 0.15) is 46.5 Å². The molecular weight excluding hydrogens is 326 g/mol. The third kappa shape index (κ3) is 6.04. The maximum Gasteiger partial charge on any atom is 0.224 e. The van der Waals surface area contributed by atoms with Gasteiger partial charge in [-0.1, -0.05) is 39.0 Å². The van der Waals surface area contributed by atoms with Crippen LogP contribution in [0.25, 0.3) is 0 Å². The van der Waals surface area contributed by atoms with Crippen LogP contribution in [0.3, 0.4) is 0 Å². The van der Waals surface area contributed by atoms with E-state index in [1.807, 2.05) is 42.2 Å². The summed E-state index contributed by atoms with van der Waals surface area (Å²) in [6.07, 6.45) is 3.20. The molecule has 144 valence electrons. The zero-order valence-corrected chi connectivity index (χ0v) is 16.3. The molecule has 0 aromatic heterocycles. The minimum Gasteiger partial charge on any atom is -0.380 e. The van der Waals surface area contributed by atoms with E-state index in [0.29, 0.717) is 25.4 Å². The van der Waals surface area contributed by atoms with E-state index in [4.69, 9.17) is 0 Å². The lowest BCUT2D eigenvalue weighted by molar-refractivity contribution is -0.135. The number of para-hydroxylation sites is 1. The molecule has 0 bridgehead atoms. The van der Waals surface area contributed by atoms with Crippen LogP contribution in [-0.2, 0) is 9.59 Å². The van der Waals surface area contributed by atoms with Gasteiger partial charge in [0.1, 0.15) is 0 Å². The molecule has 2 N–H and O–H groups in total. The average molecular weight is 360 g/mol. The lowest BCUT2D eigenvalue weighted by Crippen LogP contribution is -2.47. The van der Waals surface area contributed by atoms with Crippen LogP contribution < -0.4 is 10.6 Å². The summed E-state index contributed by atoms with van der Waals surface area (Å²) in [7, 11) is 0. The highest BCUT2D eigenvalue weighted by atomic mass is 16.2. The molecule has 2 atom stereocenters. The molecule has 0 saturated carbocycles. The number of nitrogens with zero attached hydrogens (tertiary/aromatic N) is 1. The molecule has 2 amide bonds. The Hall–Kier alpha value is -2.04. The van der Waals surface area contributed by atoms with E-state index in [2.05, 4.69) is 24.5 Å². The van der Waals surface area contributed by atoms with Gasteiger partial charge in [-0.3, -0.25) is 9.59 Å². The zero-order chi connectivity index (χ0) is 18.9. The van der Waals surface area contributed by atoms with Gasteiger partial charge < -0.3 is 15.5 Å². The number of hydrogen-bond acceptors (Lipinski definition) is 3. The maximum absolute atomic E-state index is 12.6. The van der Waals surface area contributed by atoms with E-state index < -0.39 is 0 Å². The summed E-state index contributed by atoms with van der Waals surface area (Å²) in [5.41, 5.74) is 1.06. The first-order valence-electron chi connectivity index (χ1n) is 9.88. The van der Waals surface area contributed by atoms with Crippen molar-refractivity contribution in [1.82, 2.24) is 10.2 Å². The number of hydrogen-bond donors (Lipinski definition) is 2. The van der Waals surface area contributed by atoms with Gasteiger partial charge in [-0.25, -0.2) is 0 Å². The van der Waals surface area contributed by atoms with Crippen LogP contribution >= 0.6 is 0 Å². The van der Waals surface area contributed by atoms with Crippen LogP contribution in [0.2, 0.25) is 0 Å². The lowest BCUT2D eigenvalue weighted by Gasteiger charge is -2.32. The molecule has 0 spiro atoms. The van der Waals surface area contributed by atoms with Crippen LogP contribution in [0.15, 0.2) is 30.3 Å². The molecule has 1 aliphatic heterocycles. The number of nitrogens with one attached hydrogen (secondary N) is 2. The summed E-state index contributed by atoms with van der Waals surface area (Å²) in [6, 6.07) is 10.2. The molecule has 2 unspecified atom stereocenters. The predicted molar refractivity (Wildman–Crippen MR) is 106 cm³/mol. The standard InChI is InChI=1S/C21H33N3O2/c1-4-9-20(25)24-13-8-10-17(15-24)21(26)22-14-19(16(2)3)23-18-11-6-5-7-12-18/h5-7,11-12,16-17,19,23H,4,8-10,13-15H2,1-3H3,(H,22,26). The summed E-state index contributed by atoms with van der Waals surface area (Å²) in [6.45, 7) is 8.25. The second-order valence-corrected chi connectivity index (χ2v) is 7.53. The highest BCUT2D eigenvalue weighted by molar-refractivity contribution is 5.81. The van der Waals surface area contributed by atoms with Crippen LogP contribution in [-0.4, -0.2) is 42.4 Å². The van der Waals surface area contributed by atoms with Gasteiger partial charge in [0.05, 0.1) is 5.92 Å². The van der Waals surface area contributed by atoms with Crippen molar-refractivity contribution in [3.8, 4) is 0 Å². The number of carbonyl (C=O) groups is 2. The average Bonchev–Trinajstić information content (AvgIpc) is 2.65. The van der Waals surface area contributed by atoms with Crippen molar-refractivity contribution in [2.24, 2.45) is 11.8 Å². The number of amides is 2. The molecule has 0 radical (unpaired) electrons. The molecule has 1 saturated heterocycles. The van der Waals surface area contributed by atoms with Gasteiger partial charge in [0, 0.05) is 37.8 Å². The Kier molecular flexibility index (Phi) is 7.95. The largest absolute Gasteiger partial charge is 0.380 e. The molecule has 1 aromatic carbocycles. The van der Waals surface area contributed by atoms with Gasteiger partial charge in [-0.15, -0.1) is 0 Å². The molecule has 0 aliphatic carbocycles. The number of carbonyl (C=O) groups excluding carboxylic acids is 2. The monoisotopic (exact) mass is 359 g/mol. The molecule has 2 rings (SSSR count). The quantitative estimate of drug-likeness (QED) is 0.749. The Morgan fingerprint density at radius 3 is 2.62 bits per heavy atom. The lowest BCUT2D eigenvalue weighted by atomic mass is 9.96. The molecule has 1 heterocycles. The molecule has 1 aliphatic rings. The van der Waals surface area contributed by atoms with Gasteiger partial charge in [0.2, 0.25) is 11.8 Å². The third-order valence-electron chi connectivity index (χ3n) is 5.04. The van der Waals surface area contributed by atoms with Crippen molar-refractivity contribution >= 4 is 17.5 Å². The first-order chi connectivity index (χ1) is 12.5. The van der Waals surface area contributed by atoms with Gasteiger partial charge in [0.15, 0.2) is 0 Å². The summed E-state index contributed by atoms with van der Waals surface area (Å²) >= 11 is 0. The fourth-order valence-electron chi connectivity index (χ4n) is 3.35. The van der Waals surface area contributed by atoms with Crippen molar-refractivity contribution in [3.63, 3.8) is 0 Å². The summed E-state index contributed by atoms with van der Waals surface area (Å²) in [5, 5.41) is 6.61. The molecule has 1 aromatic rings. The van der Waals surface area contributed by atoms with E-state index in [9.17, 15) is 9.59 Å². The van der Waals surface area contributed by atoms with Crippen molar-refractivity contribution in [1.29, 1.82) is 0 Å². The number of benzene rings is 1. The first-order valence-corrected chi connectivity index (χ1v) is 9.88. The van der Waals surface area contributed by atoms with Gasteiger partial charge in [-0.2, -0.15) is 0 Å². The third-order valence-corrected chi connectivity index (χ3v) is 5.04. The van der Waals surface area contributed by atoms with Gasteiger partial charge >= 0.3 is 0 Å². The summed E-state index contributed by atoms with van der Waals surface area (Å²) < 4.78 is 0. The Balaban J connectivity index is 1.86. The van der Waals surface area contributed by atoms with E-state index in [1.54, 1.807) is 0 Å². The normalized spacial score (nSPS) is 18.5. The minimum absolute atomic E-state index is 0.0690. The van der Waals surface area contributed by atoms with E-state index in [0.717, 1.165) is 31.5 Å². The second-order valence-electron chi connectivity index (χ2n) is 7.53. The Bertz CT molecular complexity index is 574. The highest BCUT2D eigenvalue weighted by Gasteiger charge is 2.28. The summed E-state index contributed by atoms with van der Waals surface area (Å²) in [5.74, 6) is 0.550. The first kappa shape index (κ1) is 20.3. The van der Waals surface area contributed by atoms with Crippen LogP contribution in [0, 0.1) is 11.8 Å². The number of anilines is 1. The molecular formula is C21H33N3O2. The van der Waals surface area contributed by atoms with Crippen molar-refractivity contribution in [3.05, 3.63) is 30.3 Å². The minimum atomic E-state index is -0.0888.